The number of ether oxygens (including phenoxy) is 1. The average Bonchev–Trinajstić information content (AvgIpc) is 2.10. The van der Waals surface area contributed by atoms with Gasteiger partial charge in [0.1, 0.15) is 5.60 Å². The summed E-state index contributed by atoms with van der Waals surface area (Å²) in [6.45, 7) is 4.90. The van der Waals surface area contributed by atoms with E-state index in [1.54, 1.807) is 20.8 Å². The Morgan fingerprint density at radius 1 is 1.29 bits per heavy atom. The van der Waals surface area contributed by atoms with Gasteiger partial charge in [-0.2, -0.15) is 0 Å². The van der Waals surface area contributed by atoms with Gasteiger partial charge in [0.2, 0.25) is 12.0 Å². The molecule has 0 unspecified atom stereocenters. The predicted octanol–water partition coefficient (Wildman–Crippen LogP) is -2.06. The van der Waals surface area contributed by atoms with Gasteiger partial charge in [-0.15, -0.1) is 0 Å². The van der Waals surface area contributed by atoms with Crippen LogP contribution < -0.4 is 17.0 Å². The summed E-state index contributed by atoms with van der Waals surface area (Å²) >= 11 is 0. The summed E-state index contributed by atoms with van der Waals surface area (Å²) in [6, 6.07) is 0. The first-order valence-electron chi connectivity index (χ1n) is 4.47. The van der Waals surface area contributed by atoms with Crippen molar-refractivity contribution >= 4 is 35.1 Å². The number of hydrogen-bond acceptors (Lipinski definition) is 4. The maximum absolute atomic E-state index is 11.1. The summed E-state index contributed by atoms with van der Waals surface area (Å²) in [5.41, 5.74) is -0.600. The van der Waals surface area contributed by atoms with Gasteiger partial charge in [-0.25, -0.2) is 5.06 Å². The second-order valence-electron chi connectivity index (χ2n) is 3.87. The number of hydrogen-bond donors (Lipinski definition) is 0. The van der Waals surface area contributed by atoms with Crippen molar-refractivity contribution in [3.63, 3.8) is 0 Å². The van der Waals surface area contributed by atoms with E-state index in [-0.39, 0.29) is 46.6 Å². The number of hydroxylamine groups is 2. The van der Waals surface area contributed by atoms with Crippen LogP contribution in [0, 0.1) is 0 Å². The van der Waals surface area contributed by atoms with Gasteiger partial charge in [0.15, 0.2) is 0 Å². The van der Waals surface area contributed by atoms with Crippen LogP contribution in [0.3, 0.4) is 0 Å². The molecule has 0 fully saturated rings. The number of amides is 2. The van der Waals surface area contributed by atoms with Crippen LogP contribution in [0.5, 0.6) is 0 Å². The Morgan fingerprint density at radius 3 is 2.12 bits per heavy atom. The van der Waals surface area contributed by atoms with Gasteiger partial charge in [0, 0.05) is 7.05 Å². The SMILES string of the molecule is CON(C)C(=O)C[N-]C(=O)OC(C)(C)C.[Br-].[Mg+2]. The van der Waals surface area contributed by atoms with Crippen LogP contribution in [-0.2, 0) is 14.4 Å². The van der Waals surface area contributed by atoms with Crippen molar-refractivity contribution in [2.24, 2.45) is 0 Å². The first-order valence-corrected chi connectivity index (χ1v) is 4.47. The minimum atomic E-state index is -0.750. The zero-order valence-corrected chi connectivity index (χ0v) is 13.8. The van der Waals surface area contributed by atoms with Gasteiger partial charge >= 0.3 is 23.1 Å². The fourth-order valence-corrected chi connectivity index (χ4v) is 0.628. The summed E-state index contributed by atoms with van der Waals surface area (Å²) < 4.78 is 4.88. The Hall–Kier alpha value is -0.0538. The number of rotatable bonds is 3. The Labute approximate surface area is 128 Å². The molecule has 17 heavy (non-hydrogen) atoms. The molecular weight excluding hydrogens is 304 g/mol. The average molecular weight is 321 g/mol. The van der Waals surface area contributed by atoms with Crippen LogP contribution in [0.4, 0.5) is 4.79 Å². The van der Waals surface area contributed by atoms with Gasteiger partial charge in [-0.1, -0.05) is 0 Å². The van der Waals surface area contributed by atoms with E-state index < -0.39 is 17.6 Å². The standard InChI is InChI=1S/C9H18N2O4.BrH.Mg/c1-9(2,3)15-8(13)10-6-7(12)11(4)14-5;;/h6H2,1-5H3,(H,10,13);1H;/q;;+2/p-2. The molecule has 0 atom stereocenters. The van der Waals surface area contributed by atoms with E-state index in [9.17, 15) is 9.59 Å². The summed E-state index contributed by atoms with van der Waals surface area (Å²) in [4.78, 5) is 26.8. The minimum absolute atomic E-state index is 0. The van der Waals surface area contributed by atoms with Crippen molar-refractivity contribution in [3.05, 3.63) is 5.32 Å². The van der Waals surface area contributed by atoms with E-state index in [4.69, 9.17) is 4.74 Å². The molecule has 0 aromatic carbocycles. The first-order chi connectivity index (χ1) is 6.76. The maximum Gasteiger partial charge on any atom is 2.00 e. The van der Waals surface area contributed by atoms with Crippen molar-refractivity contribution in [2.75, 3.05) is 20.7 Å². The Balaban J connectivity index is -0.000000980. The number of carbonyl (C=O) groups excluding carboxylic acids is 2. The molecule has 0 saturated carbocycles. The van der Waals surface area contributed by atoms with Gasteiger partial charge in [0.25, 0.3) is 0 Å². The molecule has 0 saturated heterocycles. The summed E-state index contributed by atoms with van der Waals surface area (Å²) in [5.74, 6) is -0.414. The zero-order valence-electron chi connectivity index (χ0n) is 10.8. The second-order valence-corrected chi connectivity index (χ2v) is 3.87. The van der Waals surface area contributed by atoms with Crippen molar-refractivity contribution in [1.29, 1.82) is 0 Å². The first kappa shape index (κ1) is 22.2. The number of nitrogens with zero attached hydrogens (tertiary/aromatic N) is 2. The fourth-order valence-electron chi connectivity index (χ4n) is 0.628. The Bertz CT molecular complexity index is 246. The fraction of sp³-hybridized carbons (Fsp3) is 0.778. The molecule has 0 aliphatic carbocycles. The molecular formula is C9H17BrMgN2O4. The van der Waals surface area contributed by atoms with Gasteiger partial charge < -0.3 is 27.0 Å². The van der Waals surface area contributed by atoms with Gasteiger partial charge in [-0.05, 0) is 27.3 Å². The van der Waals surface area contributed by atoms with Crippen LogP contribution in [0.1, 0.15) is 20.8 Å². The third-order valence-corrected chi connectivity index (χ3v) is 1.36. The topological polar surface area (TPSA) is 69.9 Å². The van der Waals surface area contributed by atoms with Gasteiger partial charge in [0.05, 0.1) is 7.11 Å². The molecule has 0 rings (SSSR count). The molecule has 6 nitrogen and oxygen atoms in total. The molecule has 0 aliphatic rings. The predicted molar refractivity (Wildman–Crippen MR) is 60.0 cm³/mol. The largest absolute Gasteiger partial charge is 2.00 e. The van der Waals surface area contributed by atoms with Crippen molar-refractivity contribution in [1.82, 2.24) is 5.06 Å². The maximum atomic E-state index is 11.1. The zero-order chi connectivity index (χ0) is 12.1. The molecule has 0 bridgehead atoms. The number of halogens is 1. The van der Waals surface area contributed by atoms with Gasteiger partial charge in [-0.3, -0.25) is 14.4 Å². The Morgan fingerprint density at radius 2 is 1.76 bits per heavy atom. The van der Waals surface area contributed by atoms with Crippen LogP contribution in [0.25, 0.3) is 5.32 Å². The smallest absolute Gasteiger partial charge is 1.00 e. The second kappa shape index (κ2) is 9.92. The molecule has 8 heteroatoms. The molecule has 96 valence electrons. The molecule has 0 aromatic heterocycles. The van der Waals surface area contributed by atoms with Crippen LogP contribution in [-0.4, -0.2) is 66.4 Å². The third-order valence-electron chi connectivity index (χ3n) is 1.36. The van der Waals surface area contributed by atoms with Crippen molar-refractivity contribution in [3.8, 4) is 0 Å². The molecule has 0 spiro atoms. The van der Waals surface area contributed by atoms with E-state index in [0.717, 1.165) is 5.06 Å². The molecule has 0 heterocycles. The molecule has 0 N–H and O–H groups in total. The van der Waals surface area contributed by atoms with E-state index in [1.165, 1.54) is 14.2 Å². The normalized spacial score (nSPS) is 9.47. The van der Waals surface area contributed by atoms with Crippen LogP contribution in [0.2, 0.25) is 0 Å². The summed E-state index contributed by atoms with van der Waals surface area (Å²) in [7, 11) is 2.79. The molecule has 0 aromatic rings. The quantitative estimate of drug-likeness (QED) is 0.443. The van der Waals surface area contributed by atoms with E-state index in [2.05, 4.69) is 10.2 Å². The van der Waals surface area contributed by atoms with E-state index in [0.29, 0.717) is 0 Å². The third kappa shape index (κ3) is 12.2. The molecule has 0 aliphatic heterocycles. The van der Waals surface area contributed by atoms with E-state index >= 15 is 0 Å². The van der Waals surface area contributed by atoms with Crippen molar-refractivity contribution < 1.29 is 36.1 Å². The minimum Gasteiger partial charge on any atom is -1.00 e. The van der Waals surface area contributed by atoms with E-state index in [1.807, 2.05) is 0 Å². The summed E-state index contributed by atoms with van der Waals surface area (Å²) in [5, 5.41) is 4.44. The molecule has 2 amide bonds. The van der Waals surface area contributed by atoms with Crippen LogP contribution >= 0.6 is 0 Å². The van der Waals surface area contributed by atoms with Crippen LogP contribution in [0.15, 0.2) is 0 Å². The monoisotopic (exact) mass is 320 g/mol. The van der Waals surface area contributed by atoms with Crippen molar-refractivity contribution in [2.45, 2.75) is 26.4 Å². The number of carbonyl (C=O) groups is 2. The Kier molecular flexibility index (Phi) is 12.9. The number of likely N-dealkylation sites (N-methyl/N-ethyl adjacent to an activating group) is 1. The molecule has 0 radical (unpaired) electrons. The summed E-state index contributed by atoms with van der Waals surface area (Å²) in [6.07, 6.45) is -0.750.